The van der Waals surface area contributed by atoms with Gasteiger partial charge in [-0.1, -0.05) is 25.6 Å². The van der Waals surface area contributed by atoms with Gasteiger partial charge in [0.25, 0.3) is 20.2 Å². The fourth-order valence-corrected chi connectivity index (χ4v) is 6.01. The smallest absolute Gasteiger partial charge is 0.264 e. The zero-order chi connectivity index (χ0) is 46.2. The Bertz CT molecular complexity index is 2070. The van der Waals surface area contributed by atoms with Crippen LogP contribution in [-0.2, 0) is 37.7 Å². The summed E-state index contributed by atoms with van der Waals surface area (Å²) in [5.74, 6) is 4.28. The number of aliphatic hydroxyl groups excluding tert-OH is 3. The van der Waals surface area contributed by atoms with Crippen molar-refractivity contribution in [2.45, 2.75) is 7.43 Å². The molecule has 0 bridgehead atoms. The minimum atomic E-state index is -3.57. The molecule has 25 heteroatoms. The van der Waals surface area contributed by atoms with Crippen LogP contribution in [0, 0.1) is 0 Å². The number of para-hydroxylation sites is 3. The first kappa shape index (κ1) is 57.1. The third-order valence-electron chi connectivity index (χ3n) is 7.51. The number of ether oxygens (including phenoxy) is 6. The number of nitrogen functional groups attached to an aromatic ring is 1. The van der Waals surface area contributed by atoms with Gasteiger partial charge in [-0.15, -0.1) is 11.6 Å². The van der Waals surface area contributed by atoms with Crippen LogP contribution in [0.3, 0.4) is 0 Å². The summed E-state index contributed by atoms with van der Waals surface area (Å²) in [5, 5.41) is 25.8. The Labute approximate surface area is 379 Å². The lowest BCUT2D eigenvalue weighted by atomic mass is 10.2. The number of fused-ring (bicyclic) bond motifs is 3. The van der Waals surface area contributed by atoms with E-state index in [0.29, 0.717) is 93.0 Å². The maximum absolute atomic E-state index is 11.1. The molecule has 5 N–H and O–H groups in total. The Balaban J connectivity index is 0.000000449. The maximum Gasteiger partial charge on any atom is 0.264 e. The Morgan fingerprint density at radius 2 is 0.889 bits per heavy atom. The fourth-order valence-electron chi connectivity index (χ4n) is 5.26. The molecule has 6 rings (SSSR count). The summed E-state index contributed by atoms with van der Waals surface area (Å²) in [7, 11) is -5.84. The van der Waals surface area contributed by atoms with Gasteiger partial charge in [0.2, 0.25) is 9.05 Å². The van der Waals surface area contributed by atoms with Gasteiger partial charge in [0.1, 0.15) is 39.6 Å². The molecule has 0 aromatic heterocycles. The van der Waals surface area contributed by atoms with Crippen LogP contribution in [0.15, 0.2) is 54.6 Å². The van der Waals surface area contributed by atoms with Gasteiger partial charge in [0.15, 0.2) is 34.5 Å². The molecule has 0 radical (unpaired) electrons. The highest BCUT2D eigenvalue weighted by molar-refractivity contribution is 8.13. The molecule has 3 aliphatic rings. The Morgan fingerprint density at radius 1 is 0.571 bits per heavy atom. The molecule has 3 heterocycles. The third kappa shape index (κ3) is 23.6. The number of hydrogen-bond donors (Lipinski definition) is 4. The van der Waals surface area contributed by atoms with Gasteiger partial charge in [-0.3, -0.25) is 8.37 Å². The molecule has 0 unspecified atom stereocenters. The van der Waals surface area contributed by atoms with E-state index >= 15 is 0 Å². The van der Waals surface area contributed by atoms with Gasteiger partial charge in [-0.2, -0.15) is 16.8 Å². The predicted octanol–water partition coefficient (Wildman–Crippen LogP) is 2.54. The van der Waals surface area contributed by atoms with E-state index in [1.54, 1.807) is 29.2 Å². The van der Waals surface area contributed by atoms with Crippen molar-refractivity contribution in [3.8, 4) is 34.5 Å². The van der Waals surface area contributed by atoms with Crippen LogP contribution in [0.4, 0.5) is 17.1 Å². The highest BCUT2D eigenvalue weighted by atomic mass is 35.7. The summed E-state index contributed by atoms with van der Waals surface area (Å²) in [6.45, 7) is 4.36. The van der Waals surface area contributed by atoms with Crippen LogP contribution in [-0.4, -0.2) is 164 Å². The molecule has 20 nitrogen and oxygen atoms in total. The SMILES string of the molecule is C.CS(=O)(=O)Cl.CS(=O)(=O)OCCN(CCOS(C)(=O)=O)c1cccc2c1OCCO2.Nc1cccc2c1OCCO2.OCCCl.OCCN(CCO)c1cccc2c1OCCO2. The Hall–Kier alpha value is -3.91. The fraction of sp³-hybridized carbons (Fsp3) is 0.526. The average molecular weight is 997 g/mol. The van der Waals surface area contributed by atoms with Crippen molar-refractivity contribution < 1.29 is 77.4 Å². The lowest BCUT2D eigenvalue weighted by Crippen LogP contribution is -2.33. The Morgan fingerprint density at radius 3 is 1.22 bits per heavy atom. The number of benzene rings is 3. The van der Waals surface area contributed by atoms with Crippen molar-refractivity contribution in [3.05, 3.63) is 54.6 Å². The first-order chi connectivity index (χ1) is 29.3. The van der Waals surface area contributed by atoms with Gasteiger partial charge in [0.05, 0.1) is 68.9 Å². The first-order valence-corrected chi connectivity index (χ1v) is 25.6. The van der Waals surface area contributed by atoms with E-state index in [2.05, 4.69) is 10.7 Å². The molecule has 3 aromatic rings. The third-order valence-corrected chi connectivity index (χ3v) is 8.87. The van der Waals surface area contributed by atoms with Gasteiger partial charge in [-0.25, -0.2) is 8.42 Å². The second-order valence-electron chi connectivity index (χ2n) is 12.5. The lowest BCUT2D eigenvalue weighted by Gasteiger charge is -2.29. The van der Waals surface area contributed by atoms with Gasteiger partial charge in [0, 0.05) is 42.7 Å². The van der Waals surface area contributed by atoms with Crippen molar-refractivity contribution in [3.63, 3.8) is 0 Å². The number of alkyl halides is 1. The molecule has 0 saturated heterocycles. The van der Waals surface area contributed by atoms with Gasteiger partial charge < -0.3 is 59.3 Å². The topological polar surface area (TPSA) is 269 Å². The number of rotatable bonds is 15. The zero-order valence-corrected chi connectivity index (χ0v) is 38.5. The van der Waals surface area contributed by atoms with E-state index in [4.69, 9.17) is 69.4 Å². The summed E-state index contributed by atoms with van der Waals surface area (Å²) < 4.78 is 106. The number of nitrogens with two attached hydrogens (primary N) is 1. The van der Waals surface area contributed by atoms with Crippen LogP contribution < -0.4 is 44.0 Å². The highest BCUT2D eigenvalue weighted by Gasteiger charge is 2.22. The predicted molar refractivity (Wildman–Crippen MR) is 242 cm³/mol. The molecule has 0 aliphatic carbocycles. The van der Waals surface area contributed by atoms with Crippen LogP contribution >= 0.6 is 22.3 Å². The quantitative estimate of drug-likeness (QED) is 0.0737. The van der Waals surface area contributed by atoms with Crippen molar-refractivity contribution in [1.29, 1.82) is 0 Å². The van der Waals surface area contributed by atoms with Crippen molar-refractivity contribution >= 4 is 68.6 Å². The lowest BCUT2D eigenvalue weighted by molar-refractivity contribution is 0.171. The zero-order valence-electron chi connectivity index (χ0n) is 34.5. The van der Waals surface area contributed by atoms with Gasteiger partial charge in [-0.05, 0) is 36.4 Å². The summed E-state index contributed by atoms with van der Waals surface area (Å²) >= 11 is 4.94. The molecular formula is C38H59Cl2N3O17S3. The molecule has 0 fully saturated rings. The van der Waals surface area contributed by atoms with Crippen LogP contribution in [0.5, 0.6) is 34.5 Å². The van der Waals surface area contributed by atoms with Crippen molar-refractivity contribution in [2.24, 2.45) is 0 Å². The van der Waals surface area contributed by atoms with E-state index in [0.717, 1.165) is 36.0 Å². The second-order valence-corrected chi connectivity index (χ2v) is 19.3. The molecule has 3 aliphatic heterocycles. The van der Waals surface area contributed by atoms with Crippen LogP contribution in [0.25, 0.3) is 0 Å². The number of aliphatic hydroxyl groups is 3. The normalized spacial score (nSPS) is 13.3. The molecule has 63 heavy (non-hydrogen) atoms. The average Bonchev–Trinajstić information content (AvgIpc) is 3.22. The minimum absolute atomic E-state index is 0. The number of anilines is 3. The summed E-state index contributed by atoms with van der Waals surface area (Å²) in [5.41, 5.74) is 7.77. The number of halogens is 2. The molecule has 360 valence electrons. The maximum atomic E-state index is 11.1. The molecule has 0 amide bonds. The largest absolute Gasteiger partial charge is 0.486 e. The molecule has 0 spiro atoms. The summed E-state index contributed by atoms with van der Waals surface area (Å²) in [6, 6.07) is 16.4. The second kappa shape index (κ2) is 29.5. The van der Waals surface area contributed by atoms with Crippen LogP contribution in [0.1, 0.15) is 7.43 Å². The standard InChI is InChI=1S/C14H21NO8S2.C12H17NO4.C8H9NO2.C2H5ClO.CH3ClO2S.CH4/c1-24(16,17)22-8-6-15(7-9-23-25(2,18)19)12-4-3-5-13-14(12)21-11-10-20-13;14-6-4-13(5-7-15)10-2-1-3-11-12(10)17-9-8-16-11;9-6-2-1-3-7-8(6)11-5-4-10-7;3-1-2-4;1-5(2,3)4;/h3-5H,6-11H2,1-2H3;1-3,14-15H,4-9H2;1-3H,4-5,9H2;4H,1-2H2;1H3;1H4. The van der Waals surface area contributed by atoms with Crippen molar-refractivity contribution in [2.75, 3.05) is 139 Å². The molecule has 0 atom stereocenters. The Kier molecular flexibility index (Phi) is 26.8. The van der Waals surface area contributed by atoms with Crippen LogP contribution in [0.2, 0.25) is 0 Å². The number of nitrogens with zero attached hydrogens (tertiary/aromatic N) is 2. The van der Waals surface area contributed by atoms with E-state index < -0.39 is 29.3 Å². The van der Waals surface area contributed by atoms with E-state index in [1.807, 2.05) is 35.2 Å². The minimum Gasteiger partial charge on any atom is -0.486 e. The van der Waals surface area contributed by atoms with E-state index in [1.165, 1.54) is 0 Å². The first-order valence-electron chi connectivity index (χ1n) is 18.7. The number of hydrogen-bond acceptors (Lipinski definition) is 20. The molecule has 0 saturated carbocycles. The van der Waals surface area contributed by atoms with E-state index in [-0.39, 0.29) is 53.6 Å². The van der Waals surface area contributed by atoms with Crippen molar-refractivity contribution in [1.82, 2.24) is 0 Å². The monoisotopic (exact) mass is 995 g/mol. The van der Waals surface area contributed by atoms with E-state index in [9.17, 15) is 25.3 Å². The summed E-state index contributed by atoms with van der Waals surface area (Å²) in [4.78, 5) is 3.61. The van der Waals surface area contributed by atoms with Gasteiger partial charge >= 0.3 is 0 Å². The molecule has 3 aromatic carbocycles. The highest BCUT2D eigenvalue weighted by Crippen LogP contribution is 2.40. The molecular weight excluding hydrogens is 938 g/mol. The summed E-state index contributed by atoms with van der Waals surface area (Å²) in [6.07, 6.45) is 2.85.